The van der Waals surface area contributed by atoms with Crippen molar-refractivity contribution in [3.8, 4) is 11.3 Å². The molecule has 0 aliphatic rings. The lowest BCUT2D eigenvalue weighted by Gasteiger charge is -2.08. The summed E-state index contributed by atoms with van der Waals surface area (Å²) >= 11 is 0. The zero-order valence-corrected chi connectivity index (χ0v) is 15.2. The van der Waals surface area contributed by atoms with Crippen LogP contribution in [0.2, 0.25) is 0 Å². The largest absolute Gasteiger partial charge is 0.326 e. The van der Waals surface area contributed by atoms with Crippen molar-refractivity contribution < 1.29 is 14.1 Å². The van der Waals surface area contributed by atoms with Crippen molar-refractivity contribution in [2.24, 2.45) is 0 Å². The van der Waals surface area contributed by atoms with Crippen LogP contribution in [0, 0.1) is 15.9 Å². The summed E-state index contributed by atoms with van der Waals surface area (Å²) < 4.78 is 14.3. The van der Waals surface area contributed by atoms with Gasteiger partial charge in [-0.1, -0.05) is 0 Å². The summed E-state index contributed by atoms with van der Waals surface area (Å²) in [6.45, 7) is 0.238. The number of nitro groups is 1. The van der Waals surface area contributed by atoms with Crippen LogP contribution in [-0.4, -0.2) is 20.6 Å². The Labute approximate surface area is 164 Å². The minimum absolute atomic E-state index is 0.0607. The van der Waals surface area contributed by atoms with Gasteiger partial charge >= 0.3 is 0 Å². The molecule has 0 aliphatic heterocycles. The third-order valence-corrected chi connectivity index (χ3v) is 4.14. The fraction of sp³-hybridized carbons (Fsp3) is 0.150. The van der Waals surface area contributed by atoms with Gasteiger partial charge in [0.2, 0.25) is 5.91 Å². The van der Waals surface area contributed by atoms with Crippen molar-refractivity contribution in [1.82, 2.24) is 9.78 Å². The molecular weight excluding hydrogens is 379 g/mol. The first-order valence-corrected chi connectivity index (χ1v) is 8.81. The van der Waals surface area contributed by atoms with Gasteiger partial charge in [-0.2, -0.15) is 5.10 Å². The van der Waals surface area contributed by atoms with Crippen molar-refractivity contribution >= 4 is 17.3 Å². The van der Waals surface area contributed by atoms with Crippen molar-refractivity contribution in [2.45, 2.75) is 19.4 Å². The Morgan fingerprint density at radius 1 is 1.07 bits per heavy atom. The van der Waals surface area contributed by atoms with E-state index in [0.29, 0.717) is 23.4 Å². The number of anilines is 1. The average Bonchev–Trinajstić information content (AvgIpc) is 2.70. The summed E-state index contributed by atoms with van der Waals surface area (Å²) in [4.78, 5) is 34.2. The smallest absolute Gasteiger partial charge is 0.269 e. The minimum atomic E-state index is -0.517. The summed E-state index contributed by atoms with van der Waals surface area (Å²) in [6, 6.07) is 14.2. The highest BCUT2D eigenvalue weighted by Gasteiger charge is 2.08. The van der Waals surface area contributed by atoms with E-state index in [0.717, 1.165) is 0 Å². The SMILES string of the molecule is O=C(CCCn1nc(-c2ccc(F)cc2)ccc1=O)Nc1ccc([N+](=O)[O-])cc1. The quantitative estimate of drug-likeness (QED) is 0.487. The first-order valence-electron chi connectivity index (χ1n) is 8.81. The number of halogens is 1. The molecule has 29 heavy (non-hydrogen) atoms. The second kappa shape index (κ2) is 8.87. The molecule has 0 saturated carbocycles. The molecule has 0 radical (unpaired) electrons. The first-order chi connectivity index (χ1) is 13.9. The summed E-state index contributed by atoms with van der Waals surface area (Å²) in [5.41, 5.74) is 1.30. The molecule has 148 valence electrons. The summed E-state index contributed by atoms with van der Waals surface area (Å²) in [6.07, 6.45) is 0.518. The number of carbonyl (C=O) groups is 1. The molecule has 0 fully saturated rings. The Hall–Kier alpha value is -3.88. The highest BCUT2D eigenvalue weighted by Crippen LogP contribution is 2.17. The number of nitro benzene ring substituents is 1. The fourth-order valence-corrected chi connectivity index (χ4v) is 2.66. The molecule has 0 atom stereocenters. The van der Waals surface area contributed by atoms with Crippen LogP contribution >= 0.6 is 0 Å². The van der Waals surface area contributed by atoms with Gasteiger partial charge in [0.05, 0.1) is 10.6 Å². The third kappa shape index (κ3) is 5.32. The second-order valence-electron chi connectivity index (χ2n) is 6.24. The van der Waals surface area contributed by atoms with Gasteiger partial charge in [-0.05, 0) is 48.9 Å². The van der Waals surface area contributed by atoms with E-state index in [1.807, 2.05) is 0 Å². The zero-order chi connectivity index (χ0) is 20.8. The Morgan fingerprint density at radius 2 is 1.76 bits per heavy atom. The Morgan fingerprint density at radius 3 is 2.41 bits per heavy atom. The monoisotopic (exact) mass is 396 g/mol. The van der Waals surface area contributed by atoms with Gasteiger partial charge in [0, 0.05) is 42.4 Å². The molecule has 1 N–H and O–H groups in total. The molecule has 0 saturated heterocycles. The van der Waals surface area contributed by atoms with E-state index in [-0.39, 0.29) is 35.9 Å². The summed E-state index contributed by atoms with van der Waals surface area (Å²) in [7, 11) is 0. The van der Waals surface area contributed by atoms with Gasteiger partial charge in [-0.15, -0.1) is 0 Å². The molecule has 1 amide bonds. The van der Waals surface area contributed by atoms with Crippen molar-refractivity contribution in [3.05, 3.63) is 86.9 Å². The van der Waals surface area contributed by atoms with Crippen molar-refractivity contribution in [2.75, 3.05) is 5.32 Å². The number of nitrogens with one attached hydrogen (secondary N) is 1. The van der Waals surface area contributed by atoms with Gasteiger partial charge in [-0.3, -0.25) is 19.7 Å². The number of carbonyl (C=O) groups excluding carboxylic acids is 1. The maximum absolute atomic E-state index is 13.1. The molecule has 9 heteroatoms. The van der Waals surface area contributed by atoms with E-state index in [2.05, 4.69) is 10.4 Å². The maximum Gasteiger partial charge on any atom is 0.269 e. The number of aromatic nitrogens is 2. The van der Waals surface area contributed by atoms with Crippen molar-refractivity contribution in [1.29, 1.82) is 0 Å². The number of rotatable bonds is 7. The van der Waals surface area contributed by atoms with Gasteiger partial charge in [0.1, 0.15) is 5.82 Å². The summed E-state index contributed by atoms with van der Waals surface area (Å²) in [5.74, 6) is -0.636. The normalized spacial score (nSPS) is 10.5. The maximum atomic E-state index is 13.1. The predicted molar refractivity (Wildman–Crippen MR) is 105 cm³/mol. The molecule has 1 aromatic heterocycles. The zero-order valence-electron chi connectivity index (χ0n) is 15.2. The average molecular weight is 396 g/mol. The highest BCUT2D eigenvalue weighted by atomic mass is 19.1. The van der Waals surface area contributed by atoms with E-state index in [1.165, 1.54) is 47.1 Å². The highest BCUT2D eigenvalue weighted by molar-refractivity contribution is 5.90. The number of non-ortho nitro benzene ring substituents is 1. The molecule has 3 rings (SSSR count). The first kappa shape index (κ1) is 19.9. The molecule has 3 aromatic rings. The predicted octanol–water partition coefficient (Wildman–Crippen LogP) is 3.38. The number of hydrogen-bond donors (Lipinski definition) is 1. The van der Waals surface area contributed by atoms with Crippen LogP contribution in [0.1, 0.15) is 12.8 Å². The summed E-state index contributed by atoms with van der Waals surface area (Å²) in [5, 5.41) is 17.5. The van der Waals surface area contributed by atoms with E-state index in [4.69, 9.17) is 0 Å². The number of hydrogen-bond acceptors (Lipinski definition) is 5. The molecule has 2 aromatic carbocycles. The molecule has 0 unspecified atom stereocenters. The molecule has 0 aliphatic carbocycles. The number of nitrogens with zero attached hydrogens (tertiary/aromatic N) is 3. The molecule has 0 spiro atoms. The number of benzene rings is 2. The molecule has 1 heterocycles. The van der Waals surface area contributed by atoms with Gasteiger partial charge in [0.15, 0.2) is 0 Å². The van der Waals surface area contributed by atoms with Crippen LogP contribution in [-0.2, 0) is 11.3 Å². The van der Waals surface area contributed by atoms with Crippen LogP contribution in [0.4, 0.5) is 15.8 Å². The molecular formula is C20H17FN4O4. The van der Waals surface area contributed by atoms with E-state index >= 15 is 0 Å². The fourth-order valence-electron chi connectivity index (χ4n) is 2.66. The Balaban J connectivity index is 1.57. The second-order valence-corrected chi connectivity index (χ2v) is 6.24. The molecule has 0 bridgehead atoms. The minimum Gasteiger partial charge on any atom is -0.326 e. The van der Waals surface area contributed by atoms with E-state index < -0.39 is 4.92 Å². The van der Waals surface area contributed by atoms with Crippen LogP contribution in [0.5, 0.6) is 0 Å². The van der Waals surface area contributed by atoms with Crippen LogP contribution in [0.3, 0.4) is 0 Å². The lowest BCUT2D eigenvalue weighted by atomic mass is 10.1. The standard InChI is InChI=1S/C20H17FN4O4/c21-15-5-3-14(4-6-15)18-11-12-20(27)24(23-18)13-1-2-19(26)22-16-7-9-17(10-8-16)25(28)29/h3-12H,1-2,13H2,(H,22,26). The molecule has 8 nitrogen and oxygen atoms in total. The number of amides is 1. The van der Waals surface area contributed by atoms with Crippen LogP contribution < -0.4 is 10.9 Å². The Kier molecular flexibility index (Phi) is 6.08. The van der Waals surface area contributed by atoms with Gasteiger partial charge in [0.25, 0.3) is 11.2 Å². The van der Waals surface area contributed by atoms with Gasteiger partial charge in [-0.25, -0.2) is 9.07 Å². The number of aryl methyl sites for hydroxylation is 1. The topological polar surface area (TPSA) is 107 Å². The van der Waals surface area contributed by atoms with Gasteiger partial charge < -0.3 is 5.32 Å². The van der Waals surface area contributed by atoms with Crippen LogP contribution in [0.25, 0.3) is 11.3 Å². The van der Waals surface area contributed by atoms with Crippen molar-refractivity contribution in [3.63, 3.8) is 0 Å². The van der Waals surface area contributed by atoms with Crippen LogP contribution in [0.15, 0.2) is 65.5 Å². The van der Waals surface area contributed by atoms with E-state index in [1.54, 1.807) is 18.2 Å². The Bertz CT molecular complexity index is 1080. The third-order valence-electron chi connectivity index (χ3n) is 4.14. The lowest BCUT2D eigenvalue weighted by molar-refractivity contribution is -0.384. The van der Waals surface area contributed by atoms with E-state index in [9.17, 15) is 24.1 Å². The lowest BCUT2D eigenvalue weighted by Crippen LogP contribution is -2.23.